The first-order chi connectivity index (χ1) is 11.5. The number of carbonyl (C=O) groups is 1. The molecule has 0 unspecified atom stereocenters. The van der Waals surface area contributed by atoms with Gasteiger partial charge in [-0.25, -0.2) is 4.98 Å². The van der Waals surface area contributed by atoms with Crippen LogP contribution in [0.4, 0.5) is 0 Å². The van der Waals surface area contributed by atoms with Gasteiger partial charge in [0, 0.05) is 29.2 Å². The summed E-state index contributed by atoms with van der Waals surface area (Å²) in [6.07, 6.45) is 1.90. The van der Waals surface area contributed by atoms with Gasteiger partial charge in [0.05, 0.1) is 12.0 Å². The van der Waals surface area contributed by atoms with Gasteiger partial charge in [0.25, 0.3) is 0 Å². The first-order valence-electron chi connectivity index (χ1n) is 7.37. The number of halogens is 1. The van der Waals surface area contributed by atoms with Crippen molar-refractivity contribution in [3.05, 3.63) is 53.2 Å². The van der Waals surface area contributed by atoms with Gasteiger partial charge >= 0.3 is 5.97 Å². The number of aliphatic carboxylic acids is 1. The van der Waals surface area contributed by atoms with Crippen molar-refractivity contribution >= 4 is 39.6 Å². The lowest BCUT2D eigenvalue weighted by Gasteiger charge is -1.96. The molecule has 4 rings (SSSR count). The second-order valence-electron chi connectivity index (χ2n) is 5.71. The maximum Gasteiger partial charge on any atom is 0.307 e. The predicted molar refractivity (Wildman–Crippen MR) is 92.3 cm³/mol. The third-order valence-electron chi connectivity index (χ3n) is 3.99. The van der Waals surface area contributed by atoms with Gasteiger partial charge in [0.15, 0.2) is 5.58 Å². The summed E-state index contributed by atoms with van der Waals surface area (Å²) in [4.78, 5) is 15.4. The minimum Gasteiger partial charge on any atom is -0.481 e. The lowest BCUT2D eigenvalue weighted by Crippen LogP contribution is -1.99. The Kier molecular flexibility index (Phi) is 3.32. The number of aryl methyl sites for hydroxylation is 1. The summed E-state index contributed by atoms with van der Waals surface area (Å²) in [5, 5.41) is 10.5. The number of fused-ring (bicyclic) bond motifs is 2. The van der Waals surface area contributed by atoms with E-state index in [1.54, 1.807) is 18.2 Å². The minimum absolute atomic E-state index is 0.0458. The highest BCUT2D eigenvalue weighted by molar-refractivity contribution is 6.31. The van der Waals surface area contributed by atoms with E-state index in [0.29, 0.717) is 27.6 Å². The molecular weight excluding hydrogens is 328 g/mol. The molecule has 0 atom stereocenters. The Hall–Kier alpha value is -2.79. The molecule has 0 aliphatic rings. The van der Waals surface area contributed by atoms with Crippen molar-refractivity contribution in [2.75, 3.05) is 0 Å². The first kappa shape index (κ1) is 14.8. The van der Waals surface area contributed by atoms with E-state index < -0.39 is 5.97 Å². The fourth-order valence-electron chi connectivity index (χ4n) is 2.90. The number of carboxylic acids is 1. The van der Waals surface area contributed by atoms with Crippen LogP contribution in [0.3, 0.4) is 0 Å². The number of carboxylic acid groups (broad SMARTS) is 1. The molecule has 1 N–H and O–H groups in total. The highest BCUT2D eigenvalue weighted by atomic mass is 35.5. The second-order valence-corrected chi connectivity index (χ2v) is 6.14. The summed E-state index contributed by atoms with van der Waals surface area (Å²) in [6.45, 7) is 0. The molecule has 0 radical (unpaired) electrons. The molecule has 4 aromatic rings. The van der Waals surface area contributed by atoms with Crippen LogP contribution in [0.25, 0.3) is 33.5 Å². The normalized spacial score (nSPS) is 11.4. The molecule has 0 spiro atoms. The zero-order chi connectivity index (χ0) is 16.8. The number of nitrogens with zero attached hydrogens (tertiary/aromatic N) is 2. The van der Waals surface area contributed by atoms with E-state index in [-0.39, 0.29) is 6.42 Å². The van der Waals surface area contributed by atoms with Crippen LogP contribution in [-0.4, -0.2) is 20.6 Å². The third-order valence-corrected chi connectivity index (χ3v) is 4.23. The Morgan fingerprint density at radius 2 is 2.12 bits per heavy atom. The van der Waals surface area contributed by atoms with E-state index in [2.05, 4.69) is 4.98 Å². The van der Waals surface area contributed by atoms with Crippen molar-refractivity contribution in [2.45, 2.75) is 6.42 Å². The predicted octanol–water partition coefficient (Wildman–Crippen LogP) is 4.27. The van der Waals surface area contributed by atoms with Crippen LogP contribution < -0.4 is 0 Å². The van der Waals surface area contributed by atoms with Crippen LogP contribution in [0.1, 0.15) is 5.56 Å². The molecule has 24 heavy (non-hydrogen) atoms. The standard InChI is InChI=1S/C18H13ClN2O3/c1-21-9-13(12-8-11(19)3-5-15(12)21)18-20-14-4-2-10(7-17(22)23)6-16(14)24-18/h2-6,8-9H,7H2,1H3,(H,22,23). The van der Waals surface area contributed by atoms with E-state index in [0.717, 1.165) is 16.5 Å². The fourth-order valence-corrected chi connectivity index (χ4v) is 3.08. The zero-order valence-corrected chi connectivity index (χ0v) is 13.5. The molecule has 0 amide bonds. The fraction of sp³-hybridized carbons (Fsp3) is 0.111. The molecule has 2 aromatic carbocycles. The topological polar surface area (TPSA) is 68.3 Å². The van der Waals surface area contributed by atoms with E-state index in [4.69, 9.17) is 21.1 Å². The molecular formula is C18H13ClN2O3. The Morgan fingerprint density at radius 1 is 1.29 bits per heavy atom. The summed E-state index contributed by atoms with van der Waals surface area (Å²) < 4.78 is 7.87. The maximum absolute atomic E-state index is 10.9. The Balaban J connectivity index is 1.87. The average Bonchev–Trinajstić information content (AvgIpc) is 3.07. The number of hydrogen-bond donors (Lipinski definition) is 1. The van der Waals surface area contributed by atoms with E-state index in [1.165, 1.54) is 0 Å². The van der Waals surface area contributed by atoms with Crippen LogP contribution in [0.5, 0.6) is 0 Å². The molecule has 5 nitrogen and oxygen atoms in total. The molecule has 0 saturated heterocycles. The Bertz CT molecular complexity index is 1090. The van der Waals surface area contributed by atoms with Gasteiger partial charge in [0.2, 0.25) is 5.89 Å². The monoisotopic (exact) mass is 340 g/mol. The SMILES string of the molecule is Cn1cc(-c2nc3ccc(CC(=O)O)cc3o2)c2cc(Cl)ccc21. The van der Waals surface area contributed by atoms with Gasteiger partial charge in [0.1, 0.15) is 5.52 Å². The quantitative estimate of drug-likeness (QED) is 0.604. The summed E-state index contributed by atoms with van der Waals surface area (Å²) >= 11 is 6.12. The van der Waals surface area contributed by atoms with Crippen LogP contribution in [-0.2, 0) is 18.3 Å². The molecule has 2 heterocycles. The van der Waals surface area contributed by atoms with Crippen molar-refractivity contribution in [1.82, 2.24) is 9.55 Å². The van der Waals surface area contributed by atoms with Crippen molar-refractivity contribution in [2.24, 2.45) is 7.05 Å². The van der Waals surface area contributed by atoms with Gasteiger partial charge < -0.3 is 14.1 Å². The average molecular weight is 341 g/mol. The molecule has 6 heteroatoms. The summed E-state index contributed by atoms with van der Waals surface area (Å²) in [6, 6.07) is 10.9. The van der Waals surface area contributed by atoms with Crippen molar-refractivity contribution < 1.29 is 14.3 Å². The molecule has 0 fully saturated rings. The zero-order valence-electron chi connectivity index (χ0n) is 12.8. The minimum atomic E-state index is -0.877. The summed E-state index contributed by atoms with van der Waals surface area (Å²) in [5.41, 5.74) is 3.83. The Morgan fingerprint density at radius 3 is 2.92 bits per heavy atom. The van der Waals surface area contributed by atoms with Crippen LogP contribution in [0.15, 0.2) is 47.0 Å². The summed E-state index contributed by atoms with van der Waals surface area (Å²) in [7, 11) is 1.95. The van der Waals surface area contributed by atoms with Crippen molar-refractivity contribution in [3.63, 3.8) is 0 Å². The molecule has 0 aliphatic heterocycles. The molecule has 0 saturated carbocycles. The van der Waals surface area contributed by atoms with Crippen molar-refractivity contribution in [1.29, 1.82) is 0 Å². The second kappa shape index (κ2) is 5.39. The highest BCUT2D eigenvalue weighted by Gasteiger charge is 2.15. The smallest absolute Gasteiger partial charge is 0.307 e. The van der Waals surface area contributed by atoms with Crippen LogP contribution in [0.2, 0.25) is 5.02 Å². The van der Waals surface area contributed by atoms with Crippen LogP contribution >= 0.6 is 11.6 Å². The maximum atomic E-state index is 10.9. The number of hydrogen-bond acceptors (Lipinski definition) is 3. The van der Waals surface area contributed by atoms with E-state index >= 15 is 0 Å². The molecule has 0 aliphatic carbocycles. The summed E-state index contributed by atoms with van der Waals surface area (Å²) in [5.74, 6) is -0.386. The number of aromatic nitrogens is 2. The number of rotatable bonds is 3. The van der Waals surface area contributed by atoms with Crippen molar-refractivity contribution in [3.8, 4) is 11.5 Å². The number of oxazole rings is 1. The van der Waals surface area contributed by atoms with Crippen LogP contribution in [0, 0.1) is 0 Å². The van der Waals surface area contributed by atoms with Gasteiger partial charge in [-0.2, -0.15) is 0 Å². The highest BCUT2D eigenvalue weighted by Crippen LogP contribution is 2.33. The van der Waals surface area contributed by atoms with E-state index in [9.17, 15) is 4.79 Å². The van der Waals surface area contributed by atoms with Gasteiger partial charge in [-0.1, -0.05) is 17.7 Å². The molecule has 2 aromatic heterocycles. The molecule has 120 valence electrons. The largest absolute Gasteiger partial charge is 0.481 e. The first-order valence-corrected chi connectivity index (χ1v) is 7.75. The Labute approximate surface area is 142 Å². The molecule has 0 bridgehead atoms. The van der Waals surface area contributed by atoms with Gasteiger partial charge in [-0.3, -0.25) is 4.79 Å². The van der Waals surface area contributed by atoms with E-state index in [1.807, 2.05) is 36.0 Å². The lowest BCUT2D eigenvalue weighted by atomic mass is 10.1. The lowest BCUT2D eigenvalue weighted by molar-refractivity contribution is -0.136. The number of benzene rings is 2. The van der Waals surface area contributed by atoms with Gasteiger partial charge in [-0.05, 0) is 35.9 Å². The third kappa shape index (κ3) is 2.43. The van der Waals surface area contributed by atoms with Gasteiger partial charge in [-0.15, -0.1) is 0 Å².